The van der Waals surface area contributed by atoms with Crippen molar-refractivity contribution in [3.63, 3.8) is 0 Å². The van der Waals surface area contributed by atoms with Gasteiger partial charge in [-0.25, -0.2) is 0 Å². The van der Waals surface area contributed by atoms with Gasteiger partial charge in [0, 0.05) is 0 Å². The molecule has 0 N–H and O–H groups in total. The van der Waals surface area contributed by atoms with Crippen molar-refractivity contribution in [3.05, 3.63) is 0 Å². The lowest BCUT2D eigenvalue weighted by Crippen LogP contribution is -0.953. The minimum Gasteiger partial charge on any atom is -0.153 e. The van der Waals surface area contributed by atoms with Crippen LogP contribution in [0.5, 0.6) is 0 Å². The number of rotatable bonds is 0. The zero-order valence-electron chi connectivity index (χ0n) is 4.36. The Morgan fingerprint density at radius 1 is 0.800 bits per heavy atom. The van der Waals surface area contributed by atoms with Gasteiger partial charge in [0.2, 0.25) is 22.5 Å². The molecule has 1 atom stereocenters. The van der Waals surface area contributed by atoms with Crippen molar-refractivity contribution in [3.8, 4) is 0 Å². The van der Waals surface area contributed by atoms with E-state index in [0.717, 1.165) is 0 Å². The quantitative estimate of drug-likeness (QED) is 0.604. The minimum atomic E-state index is -1.93. The second-order valence-electron chi connectivity index (χ2n) is 0.202. The molecular formula is H8Cl7OP2+. The summed E-state index contributed by atoms with van der Waals surface area (Å²) in [5, 5.41) is 0. The molecule has 0 rings (SSSR count). The van der Waals surface area contributed by atoms with Gasteiger partial charge in [0.15, 0.2) is 0 Å². The van der Waals surface area contributed by atoms with E-state index in [-0.39, 0.29) is 71.9 Å². The van der Waals surface area contributed by atoms with E-state index in [9.17, 15) is 0 Å². The maximum atomic E-state index is 9.12. The molecule has 0 spiro atoms. The van der Waals surface area contributed by atoms with Gasteiger partial charge in [0.25, 0.3) is 0 Å². The molecule has 0 radical (unpaired) electrons. The molecule has 0 bridgehead atoms. The largest absolute Gasteiger partial charge is 0.575 e. The molecule has 1 nitrogen and oxygen atoms in total. The molecule has 0 aliphatic rings. The van der Waals surface area contributed by atoms with Crippen LogP contribution in [0.2, 0.25) is 0 Å². The summed E-state index contributed by atoms with van der Waals surface area (Å²) in [4.78, 5) is 0. The van der Waals surface area contributed by atoms with E-state index in [1.165, 1.54) is 0 Å². The summed E-state index contributed by atoms with van der Waals surface area (Å²) in [6.07, 6.45) is 0. The molecule has 10 heteroatoms. The Morgan fingerprint density at radius 2 is 0.800 bits per heavy atom. The molecule has 10 heavy (non-hydrogen) atoms. The first-order valence-corrected chi connectivity index (χ1v) is 3.59. The van der Waals surface area contributed by atoms with Crippen LogP contribution in [-0.2, 0) is 4.57 Å². The normalized spacial score (nSPS) is 2.60. The van der Waals surface area contributed by atoms with Crippen LogP contribution in [0.3, 0.4) is 0 Å². The number of halogens is 7. The molecule has 0 aromatic heterocycles. The molecule has 0 aromatic rings. The molecule has 0 aliphatic carbocycles. The van der Waals surface area contributed by atoms with Gasteiger partial charge in [0.05, 0.1) is 0 Å². The highest BCUT2D eigenvalue weighted by Crippen LogP contribution is 2.31. The zero-order chi connectivity index (χ0) is 3.58. The van der Waals surface area contributed by atoms with Gasteiger partial charge in [-0.2, -0.15) is 9.90 Å². The van der Waals surface area contributed by atoms with Gasteiger partial charge in [-0.15, -0.1) is 62.0 Å². The van der Waals surface area contributed by atoms with E-state index in [1.54, 1.807) is 0 Å². The van der Waals surface area contributed by atoms with Crippen LogP contribution >= 0.6 is 101 Å². The Balaban J connectivity index is -0.00000000300. The zero-order valence-corrected chi connectivity index (χ0v) is 12.3. The van der Waals surface area contributed by atoms with E-state index >= 15 is 0 Å². The topological polar surface area (TPSA) is 17.1 Å². The van der Waals surface area contributed by atoms with Crippen molar-refractivity contribution in [2.24, 2.45) is 0 Å². The van der Waals surface area contributed by atoms with Gasteiger partial charge < -0.3 is 0 Å². The van der Waals surface area contributed by atoms with Gasteiger partial charge in [0.1, 0.15) is 0 Å². The molecule has 0 fully saturated rings. The molecule has 0 aromatic carbocycles. The van der Waals surface area contributed by atoms with Crippen LogP contribution in [0.15, 0.2) is 0 Å². The molecule has 0 amide bonds. The lowest BCUT2D eigenvalue weighted by atomic mass is 16.0. The summed E-state index contributed by atoms with van der Waals surface area (Å²) in [6.45, 7) is -1.93. The summed E-state index contributed by atoms with van der Waals surface area (Å²) in [5.41, 5.74) is 0. The summed E-state index contributed by atoms with van der Waals surface area (Å²) in [6, 6.07) is 0. The standard InChI is InChI=1S/Cl2OP.5ClH.H3P/c1-4(2)3;;;;;;/h;5*1H;1H3/q+1;;;;;;. The molecular weight excluding hydrogens is 326 g/mol. The summed E-state index contributed by atoms with van der Waals surface area (Å²) in [7, 11) is 0. The Hall–Kier alpha value is 2.56. The first-order chi connectivity index (χ1) is 1.73. The van der Waals surface area contributed by atoms with Gasteiger partial charge in [-0.3, -0.25) is 0 Å². The number of hydrogen-bond acceptors (Lipinski definition) is 1. The van der Waals surface area contributed by atoms with Crippen LogP contribution < -0.4 is 0 Å². The first-order valence-electron chi connectivity index (χ1n) is 0.521. The monoisotopic (exact) mass is 331 g/mol. The second-order valence-corrected chi connectivity index (χ2v) is 2.97. The smallest absolute Gasteiger partial charge is 0.153 e. The van der Waals surface area contributed by atoms with Gasteiger partial charge in [-0.1, -0.05) is 0 Å². The Kier molecular flexibility index (Phi) is 226. The van der Waals surface area contributed by atoms with Crippen molar-refractivity contribution in [1.29, 1.82) is 0 Å². The molecule has 72 valence electrons. The highest BCUT2D eigenvalue weighted by Gasteiger charge is 1.97. The van der Waals surface area contributed by atoms with Crippen LogP contribution in [0.25, 0.3) is 0 Å². The van der Waals surface area contributed by atoms with E-state index in [2.05, 4.69) is 22.5 Å². The fourth-order valence-electron chi connectivity index (χ4n) is 0. The molecule has 0 heterocycles. The maximum Gasteiger partial charge on any atom is 0.575 e. The first kappa shape index (κ1) is 54.3. The van der Waals surface area contributed by atoms with Crippen LogP contribution in [0.4, 0.5) is 0 Å². The lowest BCUT2D eigenvalue weighted by Gasteiger charge is -1.22. The predicted molar refractivity (Wildman–Crippen MR) is 66.7 cm³/mol. The highest BCUT2D eigenvalue weighted by atomic mass is 35.9. The van der Waals surface area contributed by atoms with Crippen molar-refractivity contribution in [1.82, 2.24) is 0 Å². The highest BCUT2D eigenvalue weighted by molar-refractivity contribution is 7.95. The van der Waals surface area contributed by atoms with E-state index < -0.39 is 6.51 Å². The average molecular weight is 334 g/mol. The SMILES string of the molecule is Cl.Cl.Cl.Cl.Cl.O=[P+](Cl)Cl.P. The molecule has 1 unspecified atom stereocenters. The van der Waals surface area contributed by atoms with Crippen LogP contribution in [-0.4, -0.2) is 0 Å². The van der Waals surface area contributed by atoms with Crippen molar-refractivity contribution >= 4 is 101 Å². The van der Waals surface area contributed by atoms with Gasteiger partial charge in [-0.05, 0) is 4.57 Å². The van der Waals surface area contributed by atoms with Gasteiger partial charge >= 0.3 is 6.51 Å². The van der Waals surface area contributed by atoms with Crippen LogP contribution in [0.1, 0.15) is 0 Å². The van der Waals surface area contributed by atoms with E-state index in [4.69, 9.17) is 4.57 Å². The summed E-state index contributed by atoms with van der Waals surface area (Å²) in [5.74, 6) is 0. The van der Waals surface area contributed by atoms with Crippen molar-refractivity contribution in [2.75, 3.05) is 0 Å². The third kappa shape index (κ3) is 147. The molecule has 0 aliphatic heterocycles. The third-order valence-corrected chi connectivity index (χ3v) is 0. The average Bonchev–Trinajstić information content (AvgIpc) is 0.811. The van der Waals surface area contributed by atoms with Crippen LogP contribution in [0, 0.1) is 0 Å². The Labute approximate surface area is 105 Å². The third-order valence-electron chi connectivity index (χ3n) is 0. The predicted octanol–water partition coefficient (Wildman–Crippen LogP) is 4.29. The fourth-order valence-corrected chi connectivity index (χ4v) is 0. The number of hydrogen-bond donors (Lipinski definition) is 0. The summed E-state index contributed by atoms with van der Waals surface area (Å²) >= 11 is 9.10. The Morgan fingerprint density at radius 3 is 0.800 bits per heavy atom. The van der Waals surface area contributed by atoms with E-state index in [0.29, 0.717) is 0 Å². The second kappa shape index (κ2) is 41.7. The Bertz CT molecular complexity index is 34.6. The minimum absolute atomic E-state index is 0. The fraction of sp³-hybridized carbons (Fsp3) is 0. The molecule has 0 saturated heterocycles. The molecule has 0 saturated carbocycles. The van der Waals surface area contributed by atoms with E-state index in [1.807, 2.05) is 0 Å². The summed E-state index contributed by atoms with van der Waals surface area (Å²) < 4.78 is 9.12. The van der Waals surface area contributed by atoms with Crippen molar-refractivity contribution < 1.29 is 4.57 Å². The van der Waals surface area contributed by atoms with Crippen molar-refractivity contribution in [2.45, 2.75) is 0 Å². The lowest BCUT2D eigenvalue weighted by molar-refractivity contribution is 0.602. The maximum absolute atomic E-state index is 9.12.